The molecular weight excluding hydrogens is 154 g/mol. The molecule has 12 heavy (non-hydrogen) atoms. The van der Waals surface area contributed by atoms with E-state index in [1.54, 1.807) is 0 Å². The number of fused-ring (bicyclic) bond motifs is 1. The lowest BCUT2D eigenvalue weighted by molar-refractivity contribution is -0.952. The molecule has 0 aromatic rings. The van der Waals surface area contributed by atoms with E-state index in [-0.39, 0.29) is 6.41 Å². The van der Waals surface area contributed by atoms with Crippen LogP contribution in [-0.2, 0) is 9.47 Å². The molecule has 2 heterocycles. The lowest BCUT2D eigenvalue weighted by Crippen LogP contribution is -2.50. The van der Waals surface area contributed by atoms with Crippen molar-refractivity contribution < 1.29 is 14.0 Å². The summed E-state index contributed by atoms with van der Waals surface area (Å²) in [5, 5.41) is 0. The summed E-state index contributed by atoms with van der Waals surface area (Å²) in [7, 11) is 0. The average Bonchev–Trinajstić information content (AvgIpc) is 2.42. The van der Waals surface area contributed by atoms with Crippen LogP contribution >= 0.6 is 0 Å². The van der Waals surface area contributed by atoms with Crippen LogP contribution in [0.5, 0.6) is 0 Å². The fourth-order valence-corrected chi connectivity index (χ4v) is 2.35. The summed E-state index contributed by atoms with van der Waals surface area (Å²) in [6.07, 6.45) is 0.0624. The Morgan fingerprint density at radius 1 is 1.25 bits per heavy atom. The molecule has 3 heteroatoms. The second kappa shape index (κ2) is 2.98. The summed E-state index contributed by atoms with van der Waals surface area (Å²) >= 11 is 0. The highest BCUT2D eigenvalue weighted by molar-refractivity contribution is 4.58. The first-order valence-corrected chi connectivity index (χ1v) is 4.82. The highest BCUT2D eigenvalue weighted by Crippen LogP contribution is 2.28. The van der Waals surface area contributed by atoms with Crippen molar-refractivity contribution in [3.8, 4) is 0 Å². The summed E-state index contributed by atoms with van der Waals surface area (Å²) in [6, 6.07) is 0. The smallest absolute Gasteiger partial charge is 0.300 e. The van der Waals surface area contributed by atoms with Crippen molar-refractivity contribution in [2.45, 2.75) is 20.3 Å². The number of quaternary nitrogens is 1. The van der Waals surface area contributed by atoms with Crippen molar-refractivity contribution in [2.75, 3.05) is 32.8 Å². The minimum absolute atomic E-state index is 0.0624. The zero-order valence-corrected chi connectivity index (χ0v) is 7.95. The molecule has 0 bridgehead atoms. The van der Waals surface area contributed by atoms with Crippen LogP contribution < -0.4 is 0 Å². The Hall–Kier alpha value is -0.120. The van der Waals surface area contributed by atoms with Crippen LogP contribution in [0.3, 0.4) is 0 Å². The second-order valence-corrected chi connectivity index (χ2v) is 4.29. The predicted octanol–water partition coefficient (Wildman–Crippen LogP) is 0.803. The number of ether oxygens (including phenoxy) is 2. The SMILES string of the molecule is CC(C)C[N+]12CCOC1OCC2. The van der Waals surface area contributed by atoms with E-state index < -0.39 is 0 Å². The van der Waals surface area contributed by atoms with Gasteiger partial charge in [-0.1, -0.05) is 13.8 Å². The first kappa shape index (κ1) is 8.48. The van der Waals surface area contributed by atoms with Crippen LogP contribution in [0.15, 0.2) is 0 Å². The zero-order chi connectivity index (χ0) is 8.60. The Morgan fingerprint density at radius 2 is 1.83 bits per heavy atom. The minimum atomic E-state index is 0.0624. The Bertz CT molecular complexity index is 160. The zero-order valence-electron chi connectivity index (χ0n) is 7.95. The minimum Gasteiger partial charge on any atom is -0.300 e. The molecule has 0 saturated carbocycles. The quantitative estimate of drug-likeness (QED) is 0.574. The summed E-state index contributed by atoms with van der Waals surface area (Å²) in [4.78, 5) is 0. The van der Waals surface area contributed by atoms with Crippen LogP contribution in [0, 0.1) is 5.92 Å². The van der Waals surface area contributed by atoms with E-state index in [2.05, 4.69) is 13.8 Å². The van der Waals surface area contributed by atoms with E-state index in [9.17, 15) is 0 Å². The summed E-state index contributed by atoms with van der Waals surface area (Å²) < 4.78 is 12.1. The van der Waals surface area contributed by atoms with E-state index in [0.717, 1.165) is 36.7 Å². The van der Waals surface area contributed by atoms with Crippen molar-refractivity contribution in [3.05, 3.63) is 0 Å². The van der Waals surface area contributed by atoms with Gasteiger partial charge in [0, 0.05) is 5.92 Å². The van der Waals surface area contributed by atoms with Crippen molar-refractivity contribution in [2.24, 2.45) is 5.92 Å². The third-order valence-corrected chi connectivity index (χ3v) is 2.77. The monoisotopic (exact) mass is 172 g/mol. The molecule has 0 aliphatic carbocycles. The van der Waals surface area contributed by atoms with Gasteiger partial charge in [-0.2, -0.15) is 0 Å². The number of rotatable bonds is 2. The lowest BCUT2D eigenvalue weighted by Gasteiger charge is -2.31. The molecule has 2 rings (SSSR count). The number of hydrogen-bond acceptors (Lipinski definition) is 2. The van der Waals surface area contributed by atoms with Crippen molar-refractivity contribution in [1.82, 2.24) is 0 Å². The van der Waals surface area contributed by atoms with E-state index in [4.69, 9.17) is 9.47 Å². The first-order chi connectivity index (χ1) is 5.73. The average molecular weight is 172 g/mol. The third kappa shape index (κ3) is 1.26. The van der Waals surface area contributed by atoms with Gasteiger partial charge in [-0.25, -0.2) is 0 Å². The van der Waals surface area contributed by atoms with E-state index in [0.29, 0.717) is 0 Å². The third-order valence-electron chi connectivity index (χ3n) is 2.77. The van der Waals surface area contributed by atoms with Gasteiger partial charge in [-0.15, -0.1) is 0 Å². The Kier molecular flexibility index (Phi) is 2.10. The normalized spacial score (nSPS) is 40.8. The molecule has 3 nitrogen and oxygen atoms in total. The highest BCUT2D eigenvalue weighted by atomic mass is 16.7. The van der Waals surface area contributed by atoms with E-state index in [1.165, 1.54) is 6.54 Å². The molecule has 0 N–H and O–H groups in total. The van der Waals surface area contributed by atoms with Crippen LogP contribution in [0.1, 0.15) is 13.8 Å². The van der Waals surface area contributed by atoms with Crippen molar-refractivity contribution >= 4 is 0 Å². The molecule has 0 unspecified atom stereocenters. The molecule has 2 saturated heterocycles. The molecule has 2 fully saturated rings. The van der Waals surface area contributed by atoms with Gasteiger partial charge in [0.15, 0.2) is 0 Å². The Labute approximate surface area is 73.8 Å². The predicted molar refractivity (Wildman–Crippen MR) is 45.4 cm³/mol. The molecule has 2 aliphatic heterocycles. The van der Waals surface area contributed by atoms with Crippen LogP contribution in [0.2, 0.25) is 0 Å². The molecule has 2 aliphatic rings. The molecule has 0 spiro atoms. The fraction of sp³-hybridized carbons (Fsp3) is 1.00. The number of nitrogens with zero attached hydrogens (tertiary/aromatic N) is 1. The van der Waals surface area contributed by atoms with Crippen molar-refractivity contribution in [3.63, 3.8) is 0 Å². The second-order valence-electron chi connectivity index (χ2n) is 4.29. The molecule has 0 atom stereocenters. The summed E-state index contributed by atoms with van der Waals surface area (Å²) in [5.74, 6) is 0.732. The molecule has 0 aromatic heterocycles. The maximum atomic E-state index is 5.53. The molecule has 0 radical (unpaired) electrons. The van der Waals surface area contributed by atoms with Crippen molar-refractivity contribution in [1.29, 1.82) is 0 Å². The molecule has 0 amide bonds. The number of hydrogen-bond donors (Lipinski definition) is 0. The topological polar surface area (TPSA) is 18.5 Å². The van der Waals surface area contributed by atoms with Crippen LogP contribution in [-0.4, -0.2) is 43.7 Å². The molecule has 70 valence electrons. The Morgan fingerprint density at radius 3 is 2.33 bits per heavy atom. The van der Waals surface area contributed by atoms with E-state index >= 15 is 0 Å². The van der Waals surface area contributed by atoms with Gasteiger partial charge < -0.3 is 0 Å². The fourth-order valence-electron chi connectivity index (χ4n) is 2.35. The summed E-state index contributed by atoms with van der Waals surface area (Å²) in [6.45, 7) is 9.76. The van der Waals surface area contributed by atoms with Crippen LogP contribution in [0.25, 0.3) is 0 Å². The molecular formula is C9H18NO2+. The van der Waals surface area contributed by atoms with E-state index in [1.807, 2.05) is 0 Å². The first-order valence-electron chi connectivity index (χ1n) is 4.82. The Balaban J connectivity index is 2.06. The maximum absolute atomic E-state index is 5.53. The summed E-state index contributed by atoms with van der Waals surface area (Å²) in [5.41, 5.74) is 0. The van der Waals surface area contributed by atoms with Gasteiger partial charge in [0.25, 0.3) is 0 Å². The van der Waals surface area contributed by atoms with Gasteiger partial charge in [0.05, 0.1) is 6.54 Å². The maximum Gasteiger partial charge on any atom is 0.309 e. The van der Waals surface area contributed by atoms with Gasteiger partial charge >= 0.3 is 6.41 Å². The standard InChI is InChI=1S/C9H18NO2/c1-8(2)7-10-3-5-11-9(10)12-6-4-10/h8-9H,3-7H2,1-2H3/q+1. The van der Waals surface area contributed by atoms with Crippen LogP contribution in [0.4, 0.5) is 0 Å². The van der Waals surface area contributed by atoms with Gasteiger partial charge in [0.2, 0.25) is 0 Å². The van der Waals surface area contributed by atoms with Gasteiger partial charge in [0.1, 0.15) is 26.3 Å². The largest absolute Gasteiger partial charge is 0.309 e. The van der Waals surface area contributed by atoms with Gasteiger partial charge in [-0.3, -0.25) is 14.0 Å². The van der Waals surface area contributed by atoms with Gasteiger partial charge in [-0.05, 0) is 0 Å². The molecule has 0 aromatic carbocycles. The highest BCUT2D eigenvalue weighted by Gasteiger charge is 2.48. The lowest BCUT2D eigenvalue weighted by atomic mass is 10.2.